The molecule has 1 atom stereocenters. The van der Waals surface area contributed by atoms with E-state index in [-0.39, 0.29) is 5.78 Å². The van der Waals surface area contributed by atoms with Crippen LogP contribution in [-0.4, -0.2) is 35.4 Å². The Balaban J connectivity index is 1.44. The van der Waals surface area contributed by atoms with Crippen LogP contribution in [0.4, 0.5) is 0 Å². The van der Waals surface area contributed by atoms with Crippen LogP contribution in [0.2, 0.25) is 0 Å². The molecular weight excluding hydrogens is 324 g/mol. The first-order valence-corrected chi connectivity index (χ1v) is 9.62. The summed E-state index contributed by atoms with van der Waals surface area (Å²) < 4.78 is 5.82. The number of likely N-dealkylation sites (tertiary alicyclic amines) is 1. The number of piperidine rings is 1. The Morgan fingerprint density at radius 1 is 1.23 bits per heavy atom. The third kappa shape index (κ3) is 5.15. The fourth-order valence-corrected chi connectivity index (χ4v) is 3.62. The average molecular weight is 352 g/mol. The van der Waals surface area contributed by atoms with Crippen molar-refractivity contribution >= 4 is 5.78 Å². The molecule has 0 spiro atoms. The number of rotatable bonds is 8. The summed E-state index contributed by atoms with van der Waals surface area (Å²) in [5.74, 6) is 0.853. The zero-order chi connectivity index (χ0) is 18.2. The Bertz CT molecular complexity index is 702. The Hall–Kier alpha value is -2.20. The van der Waals surface area contributed by atoms with Gasteiger partial charge in [0.25, 0.3) is 0 Å². The minimum Gasteiger partial charge on any atom is -0.494 e. The zero-order valence-corrected chi connectivity index (χ0v) is 15.6. The first-order valence-electron chi connectivity index (χ1n) is 9.62. The van der Waals surface area contributed by atoms with Gasteiger partial charge in [-0.2, -0.15) is 0 Å². The molecule has 0 amide bonds. The molecule has 4 nitrogen and oxygen atoms in total. The quantitative estimate of drug-likeness (QED) is 0.511. The van der Waals surface area contributed by atoms with Crippen molar-refractivity contribution in [2.24, 2.45) is 0 Å². The monoisotopic (exact) mass is 352 g/mol. The highest BCUT2D eigenvalue weighted by Crippen LogP contribution is 2.30. The fraction of sp³-hybridized carbons (Fsp3) is 0.455. The van der Waals surface area contributed by atoms with Crippen LogP contribution in [0, 0.1) is 0 Å². The largest absolute Gasteiger partial charge is 0.494 e. The number of hydrogen-bond acceptors (Lipinski definition) is 4. The smallest absolute Gasteiger partial charge is 0.159 e. The summed E-state index contributed by atoms with van der Waals surface area (Å²) in [6, 6.07) is 12.2. The molecule has 0 bridgehead atoms. The van der Waals surface area contributed by atoms with Crippen molar-refractivity contribution < 1.29 is 9.53 Å². The van der Waals surface area contributed by atoms with Crippen LogP contribution in [-0.2, 0) is 0 Å². The number of aromatic nitrogens is 1. The van der Waals surface area contributed by atoms with E-state index in [1.807, 2.05) is 42.7 Å². The molecule has 1 saturated heterocycles. The van der Waals surface area contributed by atoms with Gasteiger partial charge in [0.2, 0.25) is 0 Å². The topological polar surface area (TPSA) is 42.4 Å². The number of unbranched alkanes of at least 4 members (excludes halogenated alkanes) is 1. The highest BCUT2D eigenvalue weighted by Gasteiger charge is 2.23. The van der Waals surface area contributed by atoms with E-state index < -0.39 is 0 Å². The molecule has 3 rings (SSSR count). The zero-order valence-electron chi connectivity index (χ0n) is 15.6. The highest BCUT2D eigenvalue weighted by atomic mass is 16.5. The van der Waals surface area contributed by atoms with Crippen molar-refractivity contribution in [3.63, 3.8) is 0 Å². The van der Waals surface area contributed by atoms with Gasteiger partial charge in [0.15, 0.2) is 5.78 Å². The van der Waals surface area contributed by atoms with Crippen LogP contribution in [0.3, 0.4) is 0 Å². The molecule has 26 heavy (non-hydrogen) atoms. The predicted octanol–water partition coefficient (Wildman–Crippen LogP) is 4.67. The molecule has 2 aromatic rings. The lowest BCUT2D eigenvalue weighted by Crippen LogP contribution is -2.34. The van der Waals surface area contributed by atoms with E-state index in [1.54, 1.807) is 6.92 Å². The van der Waals surface area contributed by atoms with Gasteiger partial charge in [0.1, 0.15) is 5.75 Å². The maximum absolute atomic E-state index is 11.4. The number of nitrogens with zero attached hydrogens (tertiary/aromatic N) is 2. The number of pyridine rings is 1. The summed E-state index contributed by atoms with van der Waals surface area (Å²) in [6.45, 7) is 4.53. The average Bonchev–Trinajstić information content (AvgIpc) is 2.69. The van der Waals surface area contributed by atoms with Gasteiger partial charge in [0.05, 0.1) is 6.61 Å². The normalized spacial score (nSPS) is 17.8. The summed E-state index contributed by atoms with van der Waals surface area (Å²) in [7, 11) is 0. The molecule has 138 valence electrons. The lowest BCUT2D eigenvalue weighted by molar-refractivity contribution is 0.101. The van der Waals surface area contributed by atoms with E-state index >= 15 is 0 Å². The molecule has 0 radical (unpaired) electrons. The van der Waals surface area contributed by atoms with Gasteiger partial charge in [-0.15, -0.1) is 0 Å². The van der Waals surface area contributed by atoms with E-state index in [4.69, 9.17) is 4.74 Å². The van der Waals surface area contributed by atoms with Crippen LogP contribution in [0.1, 0.15) is 61.0 Å². The molecule has 4 heteroatoms. The van der Waals surface area contributed by atoms with Crippen LogP contribution >= 0.6 is 0 Å². The third-order valence-corrected chi connectivity index (χ3v) is 5.03. The summed E-state index contributed by atoms with van der Waals surface area (Å²) in [5.41, 5.74) is 2.04. The first-order chi connectivity index (χ1) is 12.7. The molecule has 1 fully saturated rings. The lowest BCUT2D eigenvalue weighted by atomic mass is 9.96. The van der Waals surface area contributed by atoms with E-state index in [2.05, 4.69) is 16.0 Å². The maximum Gasteiger partial charge on any atom is 0.159 e. The standard InChI is InChI=1S/C22H28N2O2/c1-18(25)19-8-6-10-21(16-19)26-15-5-4-14-24-13-3-2-11-22(24)20-9-7-12-23-17-20/h6-10,12,16-17,22H,2-5,11,13-15H2,1H3. The van der Waals surface area contributed by atoms with Crippen molar-refractivity contribution in [3.05, 3.63) is 59.9 Å². The van der Waals surface area contributed by atoms with Crippen molar-refractivity contribution in [3.8, 4) is 5.75 Å². The molecule has 1 aromatic carbocycles. The van der Waals surface area contributed by atoms with E-state index in [0.717, 1.165) is 25.1 Å². The molecule has 1 aromatic heterocycles. The number of Topliss-reactive ketones (excluding diaryl/α,β-unsaturated/α-hetero) is 1. The lowest BCUT2D eigenvalue weighted by Gasteiger charge is -2.35. The Morgan fingerprint density at radius 3 is 2.96 bits per heavy atom. The predicted molar refractivity (Wildman–Crippen MR) is 104 cm³/mol. The molecule has 1 aliphatic heterocycles. The van der Waals surface area contributed by atoms with Crippen LogP contribution in [0.5, 0.6) is 5.75 Å². The van der Waals surface area contributed by atoms with Crippen molar-refractivity contribution in [1.82, 2.24) is 9.88 Å². The van der Waals surface area contributed by atoms with Crippen molar-refractivity contribution in [2.45, 2.75) is 45.1 Å². The SMILES string of the molecule is CC(=O)c1cccc(OCCCCN2CCCCC2c2cccnc2)c1. The molecule has 1 unspecified atom stereocenters. The van der Waals surface area contributed by atoms with Gasteiger partial charge in [-0.25, -0.2) is 0 Å². The second-order valence-electron chi connectivity index (χ2n) is 6.97. The second-order valence-corrected chi connectivity index (χ2v) is 6.97. The number of ether oxygens (including phenoxy) is 1. The van der Waals surface area contributed by atoms with Gasteiger partial charge in [-0.1, -0.05) is 24.6 Å². The molecule has 2 heterocycles. The summed E-state index contributed by atoms with van der Waals surface area (Å²) in [4.78, 5) is 18.3. The van der Waals surface area contributed by atoms with Crippen LogP contribution in [0.15, 0.2) is 48.8 Å². The molecular formula is C22H28N2O2. The molecule has 0 N–H and O–H groups in total. The summed E-state index contributed by atoms with van der Waals surface area (Å²) in [5, 5.41) is 0. The maximum atomic E-state index is 11.4. The van der Waals surface area contributed by atoms with Gasteiger partial charge >= 0.3 is 0 Å². The Labute approximate surface area is 156 Å². The van der Waals surface area contributed by atoms with Gasteiger partial charge in [-0.05, 0) is 69.5 Å². The van der Waals surface area contributed by atoms with E-state index in [9.17, 15) is 4.79 Å². The summed E-state index contributed by atoms with van der Waals surface area (Å²) in [6.07, 6.45) is 9.78. The van der Waals surface area contributed by atoms with Gasteiger partial charge in [0, 0.05) is 24.0 Å². The number of hydrogen-bond donors (Lipinski definition) is 0. The second kappa shape index (κ2) is 9.48. The van der Waals surface area contributed by atoms with Crippen LogP contribution < -0.4 is 4.74 Å². The van der Waals surface area contributed by atoms with Gasteiger partial charge in [-0.3, -0.25) is 14.7 Å². The summed E-state index contributed by atoms with van der Waals surface area (Å²) >= 11 is 0. The number of benzene rings is 1. The van der Waals surface area contributed by atoms with Crippen LogP contribution in [0.25, 0.3) is 0 Å². The fourth-order valence-electron chi connectivity index (χ4n) is 3.62. The van der Waals surface area contributed by atoms with Crippen molar-refractivity contribution in [1.29, 1.82) is 0 Å². The number of carbonyl (C=O) groups excluding carboxylic acids is 1. The number of ketones is 1. The highest BCUT2D eigenvalue weighted by molar-refractivity contribution is 5.94. The van der Waals surface area contributed by atoms with Crippen molar-refractivity contribution in [2.75, 3.05) is 19.7 Å². The molecule has 0 saturated carbocycles. The minimum atomic E-state index is 0.0713. The Morgan fingerprint density at radius 2 is 2.15 bits per heavy atom. The van der Waals surface area contributed by atoms with Gasteiger partial charge < -0.3 is 4.74 Å². The molecule has 1 aliphatic rings. The molecule has 0 aliphatic carbocycles. The third-order valence-electron chi connectivity index (χ3n) is 5.03. The van der Waals surface area contributed by atoms with E-state index in [1.165, 1.54) is 31.4 Å². The number of carbonyl (C=O) groups is 1. The van der Waals surface area contributed by atoms with E-state index in [0.29, 0.717) is 18.2 Å². The first kappa shape index (κ1) is 18.6. The minimum absolute atomic E-state index is 0.0713. The Kier molecular flexibility index (Phi) is 6.78.